The number of rotatable bonds is 6. The van der Waals surface area contributed by atoms with E-state index in [-0.39, 0.29) is 5.92 Å². The molecule has 24 heavy (non-hydrogen) atoms. The van der Waals surface area contributed by atoms with Gasteiger partial charge >= 0.3 is 5.97 Å². The second kappa shape index (κ2) is 6.65. The molecule has 0 saturated carbocycles. The van der Waals surface area contributed by atoms with Crippen molar-refractivity contribution in [1.29, 1.82) is 0 Å². The summed E-state index contributed by atoms with van der Waals surface area (Å²) in [6.45, 7) is 6.15. The van der Waals surface area contributed by atoms with Crippen molar-refractivity contribution in [1.82, 2.24) is 9.47 Å². The van der Waals surface area contributed by atoms with Gasteiger partial charge < -0.3 is 14.6 Å². The highest BCUT2D eigenvalue weighted by atomic mass is 16.4. The molecule has 0 amide bonds. The van der Waals surface area contributed by atoms with Crippen molar-refractivity contribution in [3.63, 3.8) is 0 Å². The Bertz CT molecular complexity index is 882. The molecule has 1 N–H and O–H groups in total. The molecular weight excluding hydrogens is 300 g/mol. The van der Waals surface area contributed by atoms with Gasteiger partial charge in [0.25, 0.3) is 0 Å². The van der Waals surface area contributed by atoms with Gasteiger partial charge in [0.05, 0.1) is 5.92 Å². The number of hydrogen-bond donors (Lipinski definition) is 1. The molecule has 0 radical (unpaired) electrons. The number of aliphatic carboxylic acids is 1. The van der Waals surface area contributed by atoms with Crippen molar-refractivity contribution in [2.24, 2.45) is 5.92 Å². The molecular formula is C20H24N2O2. The van der Waals surface area contributed by atoms with Crippen LogP contribution >= 0.6 is 0 Å². The first-order valence-corrected chi connectivity index (χ1v) is 8.42. The van der Waals surface area contributed by atoms with Crippen molar-refractivity contribution in [2.75, 3.05) is 13.6 Å². The zero-order chi connectivity index (χ0) is 17.3. The number of carboxylic acids is 1. The lowest BCUT2D eigenvalue weighted by molar-refractivity contribution is -0.141. The van der Waals surface area contributed by atoms with E-state index in [4.69, 9.17) is 5.11 Å². The SMILES string of the molecule is CCn1c2ccccc2c2cc(CN(C)CC(C)C(=O)O)ccc21. The van der Waals surface area contributed by atoms with Gasteiger partial charge in [-0.3, -0.25) is 4.79 Å². The van der Waals surface area contributed by atoms with E-state index in [1.807, 2.05) is 7.05 Å². The minimum atomic E-state index is -0.747. The molecule has 0 aliphatic heterocycles. The Balaban J connectivity index is 1.94. The lowest BCUT2D eigenvalue weighted by atomic mass is 10.1. The molecule has 126 valence electrons. The first-order valence-electron chi connectivity index (χ1n) is 8.42. The molecule has 1 heterocycles. The third-order valence-corrected chi connectivity index (χ3v) is 4.61. The van der Waals surface area contributed by atoms with Crippen LogP contribution < -0.4 is 0 Å². The maximum absolute atomic E-state index is 11.0. The molecule has 0 spiro atoms. The summed E-state index contributed by atoms with van der Waals surface area (Å²) in [5.74, 6) is -1.11. The summed E-state index contributed by atoms with van der Waals surface area (Å²) in [6.07, 6.45) is 0. The zero-order valence-corrected chi connectivity index (χ0v) is 14.5. The monoisotopic (exact) mass is 324 g/mol. The number of aryl methyl sites for hydroxylation is 1. The van der Waals surface area contributed by atoms with Gasteiger partial charge in [0.2, 0.25) is 0 Å². The van der Waals surface area contributed by atoms with Gasteiger partial charge in [-0.15, -0.1) is 0 Å². The molecule has 0 fully saturated rings. The van der Waals surface area contributed by atoms with E-state index < -0.39 is 5.97 Å². The van der Waals surface area contributed by atoms with Crippen molar-refractivity contribution >= 4 is 27.8 Å². The molecule has 4 heteroatoms. The highest BCUT2D eigenvalue weighted by molar-refractivity contribution is 6.08. The Hall–Kier alpha value is -2.33. The van der Waals surface area contributed by atoms with Crippen LogP contribution in [0.5, 0.6) is 0 Å². The molecule has 1 unspecified atom stereocenters. The summed E-state index contributed by atoms with van der Waals surface area (Å²) in [6, 6.07) is 15.1. The predicted molar refractivity (Wildman–Crippen MR) is 98.3 cm³/mol. The van der Waals surface area contributed by atoms with Crippen LogP contribution in [0.15, 0.2) is 42.5 Å². The van der Waals surface area contributed by atoms with Crippen LogP contribution in [0.3, 0.4) is 0 Å². The molecule has 0 aliphatic rings. The van der Waals surface area contributed by atoms with Crippen LogP contribution in [0.4, 0.5) is 0 Å². The largest absolute Gasteiger partial charge is 0.481 e. The quantitative estimate of drug-likeness (QED) is 0.746. The first kappa shape index (κ1) is 16.5. The van der Waals surface area contributed by atoms with E-state index >= 15 is 0 Å². The molecule has 1 aromatic heterocycles. The number of carboxylic acid groups (broad SMARTS) is 1. The van der Waals surface area contributed by atoms with Crippen molar-refractivity contribution in [3.05, 3.63) is 48.0 Å². The third kappa shape index (κ3) is 3.02. The predicted octanol–water partition coefficient (Wildman–Crippen LogP) is 3.97. The van der Waals surface area contributed by atoms with Crippen LogP contribution in [0.25, 0.3) is 21.8 Å². The van der Waals surface area contributed by atoms with Crippen molar-refractivity contribution in [3.8, 4) is 0 Å². The fraction of sp³-hybridized carbons (Fsp3) is 0.350. The molecule has 0 aliphatic carbocycles. The maximum Gasteiger partial charge on any atom is 0.307 e. The summed E-state index contributed by atoms with van der Waals surface area (Å²) in [7, 11) is 1.97. The van der Waals surface area contributed by atoms with E-state index in [0.717, 1.165) is 13.1 Å². The number of nitrogens with zero attached hydrogens (tertiary/aromatic N) is 2. The van der Waals surface area contributed by atoms with Crippen LogP contribution in [0.2, 0.25) is 0 Å². The van der Waals surface area contributed by atoms with Gasteiger partial charge in [-0.05, 0) is 37.7 Å². The lowest BCUT2D eigenvalue weighted by Crippen LogP contribution is -2.28. The van der Waals surface area contributed by atoms with E-state index in [2.05, 4.69) is 58.9 Å². The smallest absolute Gasteiger partial charge is 0.307 e. The Labute approximate surface area is 142 Å². The minimum absolute atomic E-state index is 0.360. The second-order valence-corrected chi connectivity index (χ2v) is 6.55. The second-order valence-electron chi connectivity index (χ2n) is 6.55. The van der Waals surface area contributed by atoms with Crippen molar-refractivity contribution in [2.45, 2.75) is 26.9 Å². The number of hydrogen-bond acceptors (Lipinski definition) is 2. The Morgan fingerprint density at radius 3 is 2.58 bits per heavy atom. The topological polar surface area (TPSA) is 45.5 Å². The fourth-order valence-corrected chi connectivity index (χ4v) is 3.46. The molecule has 2 aromatic carbocycles. The minimum Gasteiger partial charge on any atom is -0.481 e. The van der Waals surface area contributed by atoms with Crippen LogP contribution in [0, 0.1) is 5.92 Å². The zero-order valence-electron chi connectivity index (χ0n) is 14.5. The lowest BCUT2D eigenvalue weighted by Gasteiger charge is -2.19. The van der Waals surface area contributed by atoms with Gasteiger partial charge in [0.15, 0.2) is 0 Å². The Morgan fingerprint density at radius 2 is 1.88 bits per heavy atom. The average Bonchev–Trinajstić information content (AvgIpc) is 2.87. The normalized spacial score (nSPS) is 13.0. The number of benzene rings is 2. The molecule has 0 saturated heterocycles. The molecule has 1 atom stereocenters. The number of fused-ring (bicyclic) bond motifs is 3. The van der Waals surface area contributed by atoms with Gasteiger partial charge in [-0.1, -0.05) is 31.2 Å². The summed E-state index contributed by atoms with van der Waals surface area (Å²) in [5, 5.41) is 11.6. The molecule has 0 bridgehead atoms. The van der Waals surface area contributed by atoms with Gasteiger partial charge in [-0.2, -0.15) is 0 Å². The van der Waals surface area contributed by atoms with Crippen LogP contribution in [0.1, 0.15) is 19.4 Å². The number of para-hydroxylation sites is 1. The highest BCUT2D eigenvalue weighted by Gasteiger charge is 2.14. The Morgan fingerprint density at radius 1 is 1.17 bits per heavy atom. The third-order valence-electron chi connectivity index (χ3n) is 4.61. The molecule has 4 nitrogen and oxygen atoms in total. The van der Waals surface area contributed by atoms with E-state index in [1.165, 1.54) is 27.4 Å². The maximum atomic E-state index is 11.0. The summed E-state index contributed by atoms with van der Waals surface area (Å²) in [5.41, 5.74) is 3.73. The Kier molecular flexibility index (Phi) is 4.58. The van der Waals surface area contributed by atoms with Gasteiger partial charge in [-0.25, -0.2) is 0 Å². The van der Waals surface area contributed by atoms with Crippen molar-refractivity contribution < 1.29 is 9.90 Å². The molecule has 3 aromatic rings. The summed E-state index contributed by atoms with van der Waals surface area (Å²) < 4.78 is 2.34. The van der Waals surface area contributed by atoms with E-state index in [9.17, 15) is 4.79 Å². The van der Waals surface area contributed by atoms with Crippen LogP contribution in [-0.2, 0) is 17.9 Å². The highest BCUT2D eigenvalue weighted by Crippen LogP contribution is 2.29. The van der Waals surface area contributed by atoms with Crippen LogP contribution in [-0.4, -0.2) is 34.1 Å². The average molecular weight is 324 g/mol. The first-order chi connectivity index (χ1) is 11.5. The van der Waals surface area contributed by atoms with Gasteiger partial charge in [0.1, 0.15) is 0 Å². The number of aromatic nitrogens is 1. The fourth-order valence-electron chi connectivity index (χ4n) is 3.46. The number of carbonyl (C=O) groups is 1. The van der Waals surface area contributed by atoms with Gasteiger partial charge in [0, 0.05) is 41.4 Å². The summed E-state index contributed by atoms with van der Waals surface area (Å²) in [4.78, 5) is 13.1. The molecule has 3 rings (SSSR count). The van der Waals surface area contributed by atoms with E-state index in [0.29, 0.717) is 6.54 Å². The van der Waals surface area contributed by atoms with E-state index in [1.54, 1.807) is 6.92 Å². The standard InChI is InChI=1S/C20H24N2O2/c1-4-22-18-8-6-5-7-16(18)17-11-15(9-10-19(17)22)13-21(3)12-14(2)20(23)24/h5-11,14H,4,12-13H2,1-3H3,(H,23,24). The summed E-state index contributed by atoms with van der Waals surface area (Å²) >= 11 is 0.